The lowest BCUT2D eigenvalue weighted by Gasteiger charge is -2.27. The van der Waals surface area contributed by atoms with Crippen LogP contribution in [0, 0.1) is 0 Å². The Morgan fingerprint density at radius 3 is 2.94 bits per heavy atom. The van der Waals surface area contributed by atoms with Gasteiger partial charge in [0.25, 0.3) is 0 Å². The Balaban J connectivity index is 1.70. The quantitative estimate of drug-likeness (QED) is 0.831. The van der Waals surface area contributed by atoms with Crippen molar-refractivity contribution in [3.63, 3.8) is 0 Å². The van der Waals surface area contributed by atoms with Gasteiger partial charge >= 0.3 is 0 Å². The van der Waals surface area contributed by atoms with Crippen molar-refractivity contribution in [2.75, 3.05) is 33.2 Å². The van der Waals surface area contributed by atoms with Gasteiger partial charge in [-0.2, -0.15) is 0 Å². The third-order valence-corrected chi connectivity index (χ3v) is 4.58. The second-order valence-corrected chi connectivity index (χ2v) is 5.83. The van der Waals surface area contributed by atoms with Crippen LogP contribution < -0.4 is 5.32 Å². The predicted octanol–water partition coefficient (Wildman–Crippen LogP) is 1.10. The molecule has 3 heterocycles. The molecule has 0 atom stereocenters. The van der Waals surface area contributed by atoms with Gasteiger partial charge in [-0.15, -0.1) is 11.3 Å². The Morgan fingerprint density at radius 1 is 1.31 bits per heavy atom. The molecule has 0 saturated carbocycles. The zero-order chi connectivity index (χ0) is 11.0. The minimum Gasteiger partial charge on any atom is -0.314 e. The molecule has 0 amide bonds. The SMILES string of the molecule is CN1Cc2csc(CN3CCNCC3)c2C1. The van der Waals surface area contributed by atoms with Crippen molar-refractivity contribution < 1.29 is 0 Å². The number of rotatable bonds is 2. The van der Waals surface area contributed by atoms with Crippen LogP contribution in [0.2, 0.25) is 0 Å². The Hall–Kier alpha value is -0.420. The lowest BCUT2D eigenvalue weighted by molar-refractivity contribution is 0.234. The highest BCUT2D eigenvalue weighted by atomic mass is 32.1. The molecule has 0 radical (unpaired) electrons. The van der Waals surface area contributed by atoms with E-state index in [-0.39, 0.29) is 0 Å². The van der Waals surface area contributed by atoms with Crippen molar-refractivity contribution >= 4 is 11.3 Å². The molecule has 16 heavy (non-hydrogen) atoms. The lowest BCUT2D eigenvalue weighted by atomic mass is 10.2. The zero-order valence-electron chi connectivity index (χ0n) is 9.83. The van der Waals surface area contributed by atoms with Crippen LogP contribution >= 0.6 is 11.3 Å². The van der Waals surface area contributed by atoms with E-state index < -0.39 is 0 Å². The molecule has 0 bridgehead atoms. The maximum absolute atomic E-state index is 3.41. The number of nitrogens with one attached hydrogen (secondary N) is 1. The second-order valence-electron chi connectivity index (χ2n) is 4.86. The average molecular weight is 237 g/mol. The third kappa shape index (κ3) is 2.02. The normalized spacial score (nSPS) is 22.6. The molecule has 0 aliphatic carbocycles. The maximum Gasteiger partial charge on any atom is 0.0332 e. The van der Waals surface area contributed by atoms with Crippen LogP contribution in [0.1, 0.15) is 16.0 Å². The van der Waals surface area contributed by atoms with Gasteiger partial charge in [-0.25, -0.2) is 0 Å². The van der Waals surface area contributed by atoms with Crippen molar-refractivity contribution in [1.29, 1.82) is 0 Å². The topological polar surface area (TPSA) is 18.5 Å². The van der Waals surface area contributed by atoms with Gasteiger partial charge in [-0.1, -0.05) is 0 Å². The summed E-state index contributed by atoms with van der Waals surface area (Å²) < 4.78 is 0. The number of piperazine rings is 1. The van der Waals surface area contributed by atoms with Crippen LogP contribution in [0.3, 0.4) is 0 Å². The van der Waals surface area contributed by atoms with Gasteiger partial charge in [0, 0.05) is 50.7 Å². The molecule has 2 aliphatic rings. The molecule has 4 heteroatoms. The van der Waals surface area contributed by atoms with Gasteiger partial charge < -0.3 is 5.32 Å². The molecule has 88 valence electrons. The number of nitrogens with zero attached hydrogens (tertiary/aromatic N) is 2. The van der Waals surface area contributed by atoms with Crippen molar-refractivity contribution in [2.45, 2.75) is 19.6 Å². The number of hydrogen-bond acceptors (Lipinski definition) is 4. The summed E-state index contributed by atoms with van der Waals surface area (Å²) in [6, 6.07) is 0. The van der Waals surface area contributed by atoms with Crippen LogP contribution in [-0.2, 0) is 19.6 Å². The summed E-state index contributed by atoms with van der Waals surface area (Å²) in [5.74, 6) is 0. The number of thiophene rings is 1. The Morgan fingerprint density at radius 2 is 2.12 bits per heavy atom. The first-order valence-corrected chi connectivity index (χ1v) is 6.90. The molecule has 1 N–H and O–H groups in total. The van der Waals surface area contributed by atoms with Gasteiger partial charge in [-0.3, -0.25) is 9.80 Å². The average Bonchev–Trinajstić information content (AvgIpc) is 2.81. The van der Waals surface area contributed by atoms with Crippen molar-refractivity contribution in [3.8, 4) is 0 Å². The standard InChI is InChI=1S/C12H19N3S/c1-14-6-10-9-16-12(11(10)7-14)8-15-4-2-13-3-5-15/h9,13H,2-8H2,1H3. The molecule has 0 unspecified atom stereocenters. The van der Waals surface area contributed by atoms with Crippen molar-refractivity contribution in [2.24, 2.45) is 0 Å². The summed E-state index contributed by atoms with van der Waals surface area (Å²) in [5.41, 5.74) is 3.18. The van der Waals surface area contributed by atoms with Gasteiger partial charge in [0.2, 0.25) is 0 Å². The fourth-order valence-electron chi connectivity index (χ4n) is 2.61. The number of hydrogen-bond donors (Lipinski definition) is 1. The van der Waals surface area contributed by atoms with Gasteiger partial charge in [-0.05, 0) is 23.6 Å². The van der Waals surface area contributed by atoms with E-state index in [9.17, 15) is 0 Å². The zero-order valence-corrected chi connectivity index (χ0v) is 10.6. The fourth-order valence-corrected chi connectivity index (χ4v) is 3.70. The van der Waals surface area contributed by atoms with E-state index in [0.29, 0.717) is 0 Å². The highest BCUT2D eigenvalue weighted by Crippen LogP contribution is 2.31. The monoisotopic (exact) mass is 237 g/mol. The highest BCUT2D eigenvalue weighted by Gasteiger charge is 2.22. The van der Waals surface area contributed by atoms with Gasteiger partial charge in [0.1, 0.15) is 0 Å². The Bertz CT molecular complexity index is 368. The fraction of sp³-hybridized carbons (Fsp3) is 0.667. The Kier molecular flexibility index (Phi) is 2.98. The maximum atomic E-state index is 3.41. The first-order valence-electron chi connectivity index (χ1n) is 6.02. The molecule has 1 fully saturated rings. The molecule has 1 aromatic heterocycles. The van der Waals surface area contributed by atoms with E-state index >= 15 is 0 Å². The minimum atomic E-state index is 1.15. The first-order chi connectivity index (χ1) is 7.83. The van der Waals surface area contributed by atoms with Crippen molar-refractivity contribution in [3.05, 3.63) is 21.4 Å². The first kappa shape index (κ1) is 10.7. The summed E-state index contributed by atoms with van der Waals surface area (Å²) >= 11 is 1.96. The van der Waals surface area contributed by atoms with E-state index in [2.05, 4.69) is 27.5 Å². The summed E-state index contributed by atoms with van der Waals surface area (Å²) in [5, 5.41) is 5.76. The van der Waals surface area contributed by atoms with Crippen LogP contribution in [0.4, 0.5) is 0 Å². The van der Waals surface area contributed by atoms with Crippen LogP contribution in [0.15, 0.2) is 5.38 Å². The predicted molar refractivity (Wildman–Crippen MR) is 67.6 cm³/mol. The van der Waals surface area contributed by atoms with E-state index in [1.165, 1.54) is 13.1 Å². The summed E-state index contributed by atoms with van der Waals surface area (Å²) in [6.45, 7) is 8.15. The molecule has 3 nitrogen and oxygen atoms in total. The van der Waals surface area contributed by atoms with Crippen molar-refractivity contribution in [1.82, 2.24) is 15.1 Å². The van der Waals surface area contributed by atoms with Crippen LogP contribution in [-0.4, -0.2) is 43.0 Å². The van der Waals surface area contributed by atoms with E-state index in [4.69, 9.17) is 0 Å². The molecule has 0 aromatic carbocycles. The second kappa shape index (κ2) is 4.45. The molecule has 3 rings (SSSR count). The molecular weight excluding hydrogens is 218 g/mol. The number of fused-ring (bicyclic) bond motifs is 1. The molecule has 1 saturated heterocycles. The molecular formula is C12H19N3S. The summed E-state index contributed by atoms with van der Waals surface area (Å²) in [7, 11) is 2.21. The molecule has 1 aromatic rings. The smallest absolute Gasteiger partial charge is 0.0332 e. The lowest BCUT2D eigenvalue weighted by Crippen LogP contribution is -2.42. The largest absolute Gasteiger partial charge is 0.314 e. The summed E-state index contributed by atoms with van der Waals surface area (Å²) in [4.78, 5) is 6.57. The molecule has 2 aliphatic heterocycles. The van der Waals surface area contributed by atoms with Gasteiger partial charge in [0.15, 0.2) is 0 Å². The van der Waals surface area contributed by atoms with Gasteiger partial charge in [0.05, 0.1) is 0 Å². The summed E-state index contributed by atoms with van der Waals surface area (Å²) in [6.07, 6.45) is 0. The minimum absolute atomic E-state index is 1.15. The molecule has 0 spiro atoms. The van der Waals surface area contributed by atoms with Crippen LogP contribution in [0.5, 0.6) is 0 Å². The van der Waals surface area contributed by atoms with E-state index in [1.807, 2.05) is 11.3 Å². The Labute approximate surface area is 101 Å². The van der Waals surface area contributed by atoms with E-state index in [1.54, 1.807) is 16.0 Å². The highest BCUT2D eigenvalue weighted by molar-refractivity contribution is 7.10. The van der Waals surface area contributed by atoms with Crippen LogP contribution in [0.25, 0.3) is 0 Å². The third-order valence-electron chi connectivity index (χ3n) is 3.51. The van der Waals surface area contributed by atoms with E-state index in [0.717, 1.165) is 32.7 Å².